The number of aromatic nitrogens is 2. The van der Waals surface area contributed by atoms with Gasteiger partial charge in [0.1, 0.15) is 23.1 Å². The number of carbonyl (C=O) groups excluding carboxylic acids is 1. The van der Waals surface area contributed by atoms with E-state index < -0.39 is 5.91 Å². The number of unbranched alkanes of at least 4 members (excludes halogenated alkanes) is 1. The molecule has 0 bridgehead atoms. The Morgan fingerprint density at radius 1 is 1.11 bits per heavy atom. The van der Waals surface area contributed by atoms with E-state index in [2.05, 4.69) is 12.2 Å². The quantitative estimate of drug-likeness (QED) is 0.148. The van der Waals surface area contributed by atoms with Crippen molar-refractivity contribution in [1.82, 2.24) is 15.1 Å². The number of rotatable bonds is 10. The van der Waals surface area contributed by atoms with Crippen molar-refractivity contribution in [3.63, 3.8) is 0 Å². The summed E-state index contributed by atoms with van der Waals surface area (Å²) in [7, 11) is 0. The molecule has 0 aliphatic carbocycles. The van der Waals surface area contributed by atoms with Crippen LogP contribution in [0.3, 0.4) is 0 Å². The first-order valence-corrected chi connectivity index (χ1v) is 12.5. The van der Waals surface area contributed by atoms with Crippen molar-refractivity contribution in [3.05, 3.63) is 107 Å². The number of hydrogen-bond acceptors (Lipinski definition) is 4. The van der Waals surface area contributed by atoms with E-state index in [0.29, 0.717) is 35.2 Å². The van der Waals surface area contributed by atoms with Gasteiger partial charge in [0.05, 0.1) is 17.3 Å². The van der Waals surface area contributed by atoms with Gasteiger partial charge in [-0.2, -0.15) is 10.4 Å². The molecule has 0 spiro atoms. The predicted octanol–water partition coefficient (Wildman–Crippen LogP) is 6.59. The number of para-hydroxylation sites is 1. The number of halogens is 1. The molecule has 1 N–H and O–H groups in total. The number of nitriles is 1. The minimum atomic E-state index is -0.456. The second kappa shape index (κ2) is 12.6. The van der Waals surface area contributed by atoms with Crippen molar-refractivity contribution in [2.45, 2.75) is 26.3 Å². The molecule has 3 aromatic carbocycles. The number of ether oxygens (including phenoxy) is 1. The third-order valence-electron chi connectivity index (χ3n) is 5.68. The molecule has 0 aliphatic rings. The summed E-state index contributed by atoms with van der Waals surface area (Å²) in [5, 5.41) is 17.8. The maximum absolute atomic E-state index is 12.8. The van der Waals surface area contributed by atoms with E-state index in [1.54, 1.807) is 23.0 Å². The van der Waals surface area contributed by atoms with Crippen molar-refractivity contribution >= 4 is 23.6 Å². The third-order valence-corrected chi connectivity index (χ3v) is 5.98. The van der Waals surface area contributed by atoms with Crippen LogP contribution in [0.4, 0.5) is 0 Å². The summed E-state index contributed by atoms with van der Waals surface area (Å²) in [5.74, 6) is 0.152. The Hall–Kier alpha value is -4.34. The van der Waals surface area contributed by atoms with Gasteiger partial charge in [0.25, 0.3) is 5.91 Å². The zero-order valence-electron chi connectivity index (χ0n) is 20.5. The molecule has 37 heavy (non-hydrogen) atoms. The number of amides is 1. The van der Waals surface area contributed by atoms with Crippen LogP contribution in [0.5, 0.6) is 5.75 Å². The molecule has 0 atom stereocenters. The Bertz CT molecular complexity index is 1420. The number of carbonyl (C=O) groups is 1. The van der Waals surface area contributed by atoms with Crippen LogP contribution in [0.25, 0.3) is 23.0 Å². The summed E-state index contributed by atoms with van der Waals surface area (Å²) in [5.41, 5.74) is 3.73. The molecule has 0 saturated heterocycles. The van der Waals surface area contributed by atoms with Crippen LogP contribution < -0.4 is 10.1 Å². The summed E-state index contributed by atoms with van der Waals surface area (Å²) in [6.45, 7) is 3.02. The minimum Gasteiger partial charge on any atom is -0.492 e. The summed E-state index contributed by atoms with van der Waals surface area (Å²) in [4.78, 5) is 12.8. The molecule has 0 unspecified atom stereocenters. The molecular weight excluding hydrogens is 484 g/mol. The van der Waals surface area contributed by atoms with E-state index in [9.17, 15) is 10.1 Å². The van der Waals surface area contributed by atoms with Gasteiger partial charge in [-0.3, -0.25) is 4.79 Å². The molecule has 1 heterocycles. The highest BCUT2D eigenvalue weighted by Crippen LogP contribution is 2.33. The number of hydrogen-bond donors (Lipinski definition) is 1. The van der Waals surface area contributed by atoms with Crippen LogP contribution in [0.2, 0.25) is 5.02 Å². The molecule has 1 aromatic heterocycles. The van der Waals surface area contributed by atoms with Gasteiger partial charge in [0.15, 0.2) is 0 Å². The molecule has 4 aromatic rings. The zero-order chi connectivity index (χ0) is 26.0. The monoisotopic (exact) mass is 510 g/mol. The van der Waals surface area contributed by atoms with Crippen LogP contribution >= 0.6 is 11.6 Å². The lowest BCUT2D eigenvalue weighted by Gasteiger charge is -2.09. The van der Waals surface area contributed by atoms with E-state index in [0.717, 1.165) is 29.7 Å². The maximum atomic E-state index is 12.8. The van der Waals surface area contributed by atoms with Gasteiger partial charge in [0.2, 0.25) is 0 Å². The van der Waals surface area contributed by atoms with E-state index in [1.807, 2.05) is 78.9 Å². The zero-order valence-corrected chi connectivity index (χ0v) is 21.3. The smallest absolute Gasteiger partial charge is 0.262 e. The average molecular weight is 511 g/mol. The molecule has 186 valence electrons. The molecular formula is C30H27ClN4O2. The summed E-state index contributed by atoms with van der Waals surface area (Å²) < 4.78 is 7.50. The standard InChI is InChI=1S/C30H27ClN4O2/c1-2-3-16-37-28-15-14-23(18-27(28)31)29-25(21-35(34-29)26-12-8-5-9-13-26)17-24(19-32)30(36)33-20-22-10-6-4-7-11-22/h4-15,17-18,21H,2-3,16,20H2,1H3,(H,33,36). The van der Waals surface area contributed by atoms with E-state index in [-0.39, 0.29) is 5.57 Å². The van der Waals surface area contributed by atoms with Crippen molar-refractivity contribution in [1.29, 1.82) is 5.26 Å². The summed E-state index contributed by atoms with van der Waals surface area (Å²) >= 11 is 6.53. The highest BCUT2D eigenvalue weighted by molar-refractivity contribution is 6.32. The van der Waals surface area contributed by atoms with Gasteiger partial charge in [0, 0.05) is 23.9 Å². The van der Waals surface area contributed by atoms with Gasteiger partial charge in [-0.1, -0.05) is 73.5 Å². The van der Waals surface area contributed by atoms with Crippen LogP contribution in [0, 0.1) is 11.3 Å². The van der Waals surface area contributed by atoms with Crippen molar-refractivity contribution < 1.29 is 9.53 Å². The topological polar surface area (TPSA) is 79.9 Å². The van der Waals surface area contributed by atoms with Crippen LogP contribution in [0.1, 0.15) is 30.9 Å². The number of nitrogens with one attached hydrogen (secondary N) is 1. The molecule has 0 fully saturated rings. The summed E-state index contributed by atoms with van der Waals surface area (Å²) in [6.07, 6.45) is 5.33. The Labute approximate surface area is 221 Å². The molecule has 7 heteroatoms. The number of nitrogens with zero attached hydrogens (tertiary/aromatic N) is 3. The highest BCUT2D eigenvalue weighted by atomic mass is 35.5. The SMILES string of the molecule is CCCCOc1ccc(-c2nn(-c3ccccc3)cc2C=C(C#N)C(=O)NCc2ccccc2)cc1Cl. The molecule has 0 aliphatic heterocycles. The average Bonchev–Trinajstić information content (AvgIpc) is 3.36. The third kappa shape index (κ3) is 6.66. The number of benzene rings is 3. The van der Waals surface area contributed by atoms with Crippen molar-refractivity contribution in [3.8, 4) is 28.8 Å². The fourth-order valence-corrected chi connectivity index (χ4v) is 3.93. The van der Waals surface area contributed by atoms with Gasteiger partial charge >= 0.3 is 0 Å². The Kier molecular flexibility index (Phi) is 8.75. The van der Waals surface area contributed by atoms with Gasteiger partial charge in [-0.05, 0) is 48.4 Å². The molecule has 4 rings (SSSR count). The lowest BCUT2D eigenvalue weighted by atomic mass is 10.1. The first kappa shape index (κ1) is 25.7. The second-order valence-corrected chi connectivity index (χ2v) is 8.81. The highest BCUT2D eigenvalue weighted by Gasteiger charge is 2.16. The second-order valence-electron chi connectivity index (χ2n) is 8.40. The van der Waals surface area contributed by atoms with E-state index in [1.165, 1.54) is 0 Å². The molecule has 6 nitrogen and oxygen atoms in total. The minimum absolute atomic E-state index is 0.0181. The van der Waals surface area contributed by atoms with E-state index in [4.69, 9.17) is 21.4 Å². The van der Waals surface area contributed by atoms with Crippen LogP contribution in [0.15, 0.2) is 90.6 Å². The molecule has 0 saturated carbocycles. The van der Waals surface area contributed by atoms with Gasteiger partial charge in [-0.15, -0.1) is 0 Å². The lowest BCUT2D eigenvalue weighted by Crippen LogP contribution is -2.23. The molecule has 1 amide bonds. The Balaban J connectivity index is 1.67. The summed E-state index contributed by atoms with van der Waals surface area (Å²) in [6, 6.07) is 26.7. The van der Waals surface area contributed by atoms with Gasteiger partial charge < -0.3 is 10.1 Å². The molecule has 0 radical (unpaired) electrons. The predicted molar refractivity (Wildman–Crippen MR) is 146 cm³/mol. The first-order valence-electron chi connectivity index (χ1n) is 12.1. The van der Waals surface area contributed by atoms with E-state index >= 15 is 0 Å². The maximum Gasteiger partial charge on any atom is 0.262 e. The fourth-order valence-electron chi connectivity index (χ4n) is 3.70. The van der Waals surface area contributed by atoms with Crippen LogP contribution in [-0.4, -0.2) is 22.3 Å². The van der Waals surface area contributed by atoms with Crippen molar-refractivity contribution in [2.75, 3.05) is 6.61 Å². The van der Waals surface area contributed by atoms with Crippen molar-refractivity contribution in [2.24, 2.45) is 0 Å². The van der Waals surface area contributed by atoms with Gasteiger partial charge in [-0.25, -0.2) is 4.68 Å². The first-order chi connectivity index (χ1) is 18.1. The normalized spacial score (nSPS) is 11.1. The Morgan fingerprint density at radius 2 is 1.84 bits per heavy atom. The fraction of sp³-hybridized carbons (Fsp3) is 0.167. The Morgan fingerprint density at radius 3 is 2.51 bits per heavy atom. The van der Waals surface area contributed by atoms with Crippen LogP contribution in [-0.2, 0) is 11.3 Å². The largest absolute Gasteiger partial charge is 0.492 e. The lowest BCUT2D eigenvalue weighted by molar-refractivity contribution is -0.117.